The van der Waals surface area contributed by atoms with Crippen LogP contribution in [0.3, 0.4) is 0 Å². The average molecular weight is 402 g/mol. The first kappa shape index (κ1) is 19.7. The second kappa shape index (κ2) is 7.01. The van der Waals surface area contributed by atoms with Crippen LogP contribution in [-0.4, -0.2) is 20.6 Å². The number of hydrogen-bond acceptors (Lipinski definition) is 3. The molecule has 4 nitrogen and oxygen atoms in total. The van der Waals surface area contributed by atoms with Crippen molar-refractivity contribution in [3.05, 3.63) is 41.5 Å². The fourth-order valence-corrected chi connectivity index (χ4v) is 6.92. The summed E-state index contributed by atoms with van der Waals surface area (Å²) in [4.78, 5) is 13.0. The highest BCUT2D eigenvalue weighted by molar-refractivity contribution is 7.90. The summed E-state index contributed by atoms with van der Waals surface area (Å²) in [5.74, 6) is 2.55. The number of sulfone groups is 1. The van der Waals surface area contributed by atoms with Crippen molar-refractivity contribution in [2.24, 2.45) is 23.2 Å². The third kappa shape index (κ3) is 3.78. The molecule has 1 amide bonds. The van der Waals surface area contributed by atoms with Crippen LogP contribution in [0.4, 0.5) is 0 Å². The van der Waals surface area contributed by atoms with Gasteiger partial charge in [0.2, 0.25) is 5.91 Å². The summed E-state index contributed by atoms with van der Waals surface area (Å²) >= 11 is 0. The largest absolute Gasteiger partial charge is 0.346 e. The van der Waals surface area contributed by atoms with Crippen LogP contribution in [0.15, 0.2) is 40.8 Å². The Labute approximate surface area is 168 Å². The van der Waals surface area contributed by atoms with Crippen molar-refractivity contribution in [3.8, 4) is 0 Å². The number of amides is 1. The van der Waals surface area contributed by atoms with E-state index in [-0.39, 0.29) is 17.4 Å². The van der Waals surface area contributed by atoms with Gasteiger partial charge in [-0.1, -0.05) is 17.7 Å². The summed E-state index contributed by atoms with van der Waals surface area (Å²) < 4.78 is 23.2. The van der Waals surface area contributed by atoms with Gasteiger partial charge in [0.1, 0.15) is 0 Å². The summed E-state index contributed by atoms with van der Waals surface area (Å²) in [6.07, 6.45) is 11.0. The molecule has 1 N–H and O–H groups in total. The van der Waals surface area contributed by atoms with Gasteiger partial charge in [0.15, 0.2) is 9.84 Å². The van der Waals surface area contributed by atoms with E-state index in [4.69, 9.17) is 0 Å². The number of nitrogens with one attached hydrogen (secondary N) is 1. The summed E-state index contributed by atoms with van der Waals surface area (Å²) in [5.41, 5.74) is 2.41. The molecule has 4 aliphatic carbocycles. The molecule has 0 aromatic heterocycles. The van der Waals surface area contributed by atoms with Crippen molar-refractivity contribution in [1.82, 2.24) is 5.32 Å². The Hall–Kier alpha value is -1.62. The number of hydrogen-bond donors (Lipinski definition) is 1. The first-order valence-electron chi connectivity index (χ1n) is 10.4. The molecule has 5 rings (SSSR count). The molecule has 152 valence electrons. The van der Waals surface area contributed by atoms with Gasteiger partial charge in [-0.05, 0) is 93.2 Å². The summed E-state index contributed by atoms with van der Waals surface area (Å²) in [7, 11) is -3.20. The zero-order valence-corrected chi connectivity index (χ0v) is 17.9. The molecule has 0 saturated heterocycles. The topological polar surface area (TPSA) is 63.2 Å². The second-order valence-corrected chi connectivity index (χ2v) is 11.6. The standard InChI is InChI=1S/C23H31NO3S/c1-15(23-12-17-9-18(13-23)11-19(10-17)14-23)8-22(25)24-16(2)20-4-6-21(7-5-20)28(3,26)27/h4-8,16-19H,9-14H2,1-3H3,(H,24,25)/b15-8-/t16-,17?,18?,19?,23?/m1/s1. The fourth-order valence-electron chi connectivity index (χ4n) is 6.29. The van der Waals surface area contributed by atoms with Gasteiger partial charge in [-0.15, -0.1) is 0 Å². The molecule has 4 saturated carbocycles. The van der Waals surface area contributed by atoms with Crippen molar-refractivity contribution in [1.29, 1.82) is 0 Å². The van der Waals surface area contributed by atoms with Crippen LogP contribution in [0.5, 0.6) is 0 Å². The van der Waals surface area contributed by atoms with Gasteiger partial charge < -0.3 is 5.32 Å². The number of carbonyl (C=O) groups excluding carboxylic acids is 1. The Balaban J connectivity index is 1.43. The first-order valence-corrected chi connectivity index (χ1v) is 12.3. The molecule has 28 heavy (non-hydrogen) atoms. The lowest BCUT2D eigenvalue weighted by Crippen LogP contribution is -2.46. The quantitative estimate of drug-likeness (QED) is 0.743. The molecule has 0 spiro atoms. The van der Waals surface area contributed by atoms with Gasteiger partial charge in [0.05, 0.1) is 10.9 Å². The fraction of sp³-hybridized carbons (Fsp3) is 0.609. The molecule has 5 heteroatoms. The molecule has 1 atom stereocenters. The Morgan fingerprint density at radius 3 is 2.04 bits per heavy atom. The van der Waals surface area contributed by atoms with Gasteiger partial charge in [-0.25, -0.2) is 8.42 Å². The van der Waals surface area contributed by atoms with E-state index in [1.54, 1.807) is 24.3 Å². The first-order chi connectivity index (χ1) is 13.1. The van der Waals surface area contributed by atoms with Crippen molar-refractivity contribution >= 4 is 15.7 Å². The van der Waals surface area contributed by atoms with Crippen LogP contribution >= 0.6 is 0 Å². The predicted octanol–water partition coefficient (Wildman–Crippen LogP) is 4.43. The molecule has 1 aromatic rings. The molecular formula is C23H31NO3S. The zero-order valence-electron chi connectivity index (χ0n) is 17.1. The lowest BCUT2D eigenvalue weighted by molar-refractivity contribution is -0.117. The highest BCUT2D eigenvalue weighted by Gasteiger charge is 2.51. The van der Waals surface area contributed by atoms with Gasteiger partial charge in [-0.3, -0.25) is 4.79 Å². The van der Waals surface area contributed by atoms with E-state index in [0.29, 0.717) is 4.90 Å². The Morgan fingerprint density at radius 2 is 1.57 bits per heavy atom. The monoisotopic (exact) mass is 401 g/mol. The molecule has 0 aliphatic heterocycles. The summed E-state index contributed by atoms with van der Waals surface area (Å²) in [6, 6.07) is 6.59. The van der Waals surface area contributed by atoms with Crippen molar-refractivity contribution in [3.63, 3.8) is 0 Å². The van der Waals surface area contributed by atoms with Crippen LogP contribution in [0.2, 0.25) is 0 Å². The SMILES string of the molecule is C/C(=C/C(=O)N[C@H](C)c1ccc(S(C)(=O)=O)cc1)C12CC3CC(CC(C3)C1)C2. The van der Waals surface area contributed by atoms with Crippen LogP contribution in [0.1, 0.15) is 64.0 Å². The lowest BCUT2D eigenvalue weighted by atomic mass is 9.48. The lowest BCUT2D eigenvalue weighted by Gasteiger charge is -2.57. The maximum atomic E-state index is 12.7. The van der Waals surface area contributed by atoms with Crippen molar-refractivity contribution in [2.75, 3.05) is 6.26 Å². The predicted molar refractivity (Wildman–Crippen MR) is 110 cm³/mol. The van der Waals surface area contributed by atoms with Gasteiger partial charge in [0.25, 0.3) is 0 Å². The molecule has 4 fully saturated rings. The normalized spacial score (nSPS) is 33.0. The van der Waals surface area contributed by atoms with E-state index >= 15 is 0 Å². The molecular weight excluding hydrogens is 370 g/mol. The Bertz CT molecular complexity index is 863. The molecule has 1 aromatic carbocycles. The highest BCUT2D eigenvalue weighted by Crippen LogP contribution is 2.62. The smallest absolute Gasteiger partial charge is 0.244 e. The number of rotatable bonds is 5. The van der Waals surface area contributed by atoms with E-state index in [9.17, 15) is 13.2 Å². The van der Waals surface area contributed by atoms with E-state index in [0.717, 1.165) is 23.3 Å². The van der Waals surface area contributed by atoms with Crippen molar-refractivity contribution in [2.45, 2.75) is 63.3 Å². The van der Waals surface area contributed by atoms with E-state index in [2.05, 4.69) is 12.2 Å². The molecule has 0 radical (unpaired) electrons. The van der Waals surface area contributed by atoms with Gasteiger partial charge in [0, 0.05) is 12.3 Å². The maximum Gasteiger partial charge on any atom is 0.244 e. The number of carbonyl (C=O) groups is 1. The molecule has 4 aliphatic rings. The Kier molecular flexibility index (Phi) is 4.93. The minimum absolute atomic E-state index is 0.0482. The average Bonchev–Trinajstić information content (AvgIpc) is 2.59. The van der Waals surface area contributed by atoms with Crippen LogP contribution < -0.4 is 5.32 Å². The highest BCUT2D eigenvalue weighted by atomic mass is 32.2. The minimum atomic E-state index is -3.20. The molecule has 0 unspecified atom stereocenters. The maximum absolute atomic E-state index is 12.7. The van der Waals surface area contributed by atoms with E-state index in [1.165, 1.54) is 50.4 Å². The van der Waals surface area contributed by atoms with Crippen LogP contribution in [-0.2, 0) is 14.6 Å². The van der Waals surface area contributed by atoms with Crippen molar-refractivity contribution < 1.29 is 13.2 Å². The third-order valence-corrected chi connectivity index (χ3v) is 8.52. The molecule has 0 heterocycles. The van der Waals surface area contributed by atoms with Gasteiger partial charge >= 0.3 is 0 Å². The second-order valence-electron chi connectivity index (χ2n) is 9.60. The number of allylic oxidation sites excluding steroid dienone is 1. The summed E-state index contributed by atoms with van der Waals surface area (Å²) in [6.45, 7) is 4.08. The Morgan fingerprint density at radius 1 is 1.07 bits per heavy atom. The van der Waals surface area contributed by atoms with Crippen LogP contribution in [0, 0.1) is 23.2 Å². The number of benzene rings is 1. The summed E-state index contributed by atoms with van der Waals surface area (Å²) in [5, 5.41) is 3.05. The van der Waals surface area contributed by atoms with E-state index < -0.39 is 9.84 Å². The molecule has 4 bridgehead atoms. The minimum Gasteiger partial charge on any atom is -0.346 e. The van der Waals surface area contributed by atoms with E-state index in [1.807, 2.05) is 13.0 Å². The van der Waals surface area contributed by atoms with Crippen LogP contribution in [0.25, 0.3) is 0 Å². The van der Waals surface area contributed by atoms with Gasteiger partial charge in [-0.2, -0.15) is 0 Å². The zero-order chi connectivity index (χ0) is 20.1. The third-order valence-electron chi connectivity index (χ3n) is 7.39.